The fraction of sp³-hybridized carbons (Fsp3) is 0.0769. The van der Waals surface area contributed by atoms with Crippen molar-refractivity contribution in [3.8, 4) is 0 Å². The molecule has 0 aliphatic carbocycles. The lowest BCUT2D eigenvalue weighted by molar-refractivity contribution is -0.115. The summed E-state index contributed by atoms with van der Waals surface area (Å²) >= 11 is 1.40. The van der Waals surface area contributed by atoms with Gasteiger partial charge < -0.3 is 15.7 Å². The Labute approximate surface area is 200 Å². The average molecular weight is 472 g/mol. The smallest absolute Gasteiger partial charge is 0.336 e. The molecule has 1 heterocycles. The minimum atomic E-state index is -1.09. The first kappa shape index (κ1) is 23.0. The molecule has 0 radical (unpaired) electrons. The number of benzene rings is 3. The Hall–Kier alpha value is -4.17. The quantitative estimate of drug-likeness (QED) is 0.316. The van der Waals surface area contributed by atoms with Crippen LogP contribution in [0.4, 0.5) is 11.4 Å². The molecule has 0 aliphatic rings. The number of thioether (sulfide) groups is 1. The van der Waals surface area contributed by atoms with Crippen LogP contribution in [-0.2, 0) is 4.79 Å². The van der Waals surface area contributed by atoms with Gasteiger partial charge in [-0.1, -0.05) is 24.3 Å². The van der Waals surface area contributed by atoms with Crippen LogP contribution < -0.4 is 10.6 Å². The van der Waals surface area contributed by atoms with Gasteiger partial charge in [0, 0.05) is 39.6 Å². The molecule has 0 saturated carbocycles. The maximum atomic E-state index is 13.0. The molecule has 0 spiro atoms. The van der Waals surface area contributed by atoms with Crippen molar-refractivity contribution < 1.29 is 19.5 Å². The lowest BCUT2D eigenvalue weighted by atomic mass is 9.98. The highest BCUT2D eigenvalue weighted by Crippen LogP contribution is 2.27. The van der Waals surface area contributed by atoms with Crippen molar-refractivity contribution >= 4 is 51.7 Å². The van der Waals surface area contributed by atoms with Gasteiger partial charge in [-0.3, -0.25) is 14.6 Å². The van der Waals surface area contributed by atoms with Gasteiger partial charge in [0.2, 0.25) is 5.91 Å². The van der Waals surface area contributed by atoms with E-state index >= 15 is 0 Å². The van der Waals surface area contributed by atoms with E-state index in [0.717, 1.165) is 4.90 Å². The monoisotopic (exact) mass is 471 g/mol. The fourth-order valence-corrected chi connectivity index (χ4v) is 4.33. The second kappa shape index (κ2) is 10.2. The van der Waals surface area contributed by atoms with Crippen LogP contribution in [0.1, 0.15) is 27.6 Å². The highest BCUT2D eigenvalue weighted by atomic mass is 32.2. The number of fused-ring (bicyclic) bond motifs is 1. The number of amides is 2. The number of pyridine rings is 1. The maximum Gasteiger partial charge on any atom is 0.336 e. The van der Waals surface area contributed by atoms with Crippen LogP contribution in [0.15, 0.2) is 90.1 Å². The standard InChI is InChI=1S/C26H21N3O4S/c1-16(24(30)28-19-12-14-27-15-13-19)34-20-10-8-18(9-11-20)29-25(31)21-6-2-4-17-5-3-7-22(23(17)21)26(32)33/h2-16H,1H3,(H,29,31)(H,32,33)(H,27,28,30). The number of carboxylic acid groups (broad SMARTS) is 1. The van der Waals surface area contributed by atoms with Gasteiger partial charge in [0.1, 0.15) is 0 Å². The second-order valence-electron chi connectivity index (χ2n) is 7.48. The van der Waals surface area contributed by atoms with Gasteiger partial charge in [0.15, 0.2) is 0 Å². The van der Waals surface area contributed by atoms with Crippen molar-refractivity contribution in [3.05, 3.63) is 96.3 Å². The number of anilines is 2. The maximum absolute atomic E-state index is 13.0. The normalized spacial score (nSPS) is 11.6. The first-order valence-electron chi connectivity index (χ1n) is 10.5. The minimum absolute atomic E-state index is 0.0778. The molecular formula is C26H21N3O4S. The van der Waals surface area contributed by atoms with Crippen molar-refractivity contribution in [1.82, 2.24) is 4.98 Å². The molecule has 7 nitrogen and oxygen atoms in total. The van der Waals surface area contributed by atoms with E-state index in [4.69, 9.17) is 0 Å². The number of hydrogen-bond acceptors (Lipinski definition) is 5. The Morgan fingerprint density at radius 1 is 0.824 bits per heavy atom. The fourth-order valence-electron chi connectivity index (χ4n) is 3.46. The molecule has 8 heteroatoms. The highest BCUT2D eigenvalue weighted by molar-refractivity contribution is 8.00. The number of carbonyl (C=O) groups excluding carboxylic acids is 2. The lowest BCUT2D eigenvalue weighted by Crippen LogP contribution is -2.22. The third-order valence-electron chi connectivity index (χ3n) is 5.12. The molecular weight excluding hydrogens is 450 g/mol. The summed E-state index contributed by atoms with van der Waals surface area (Å²) < 4.78 is 0. The molecule has 34 heavy (non-hydrogen) atoms. The zero-order chi connectivity index (χ0) is 24.1. The topological polar surface area (TPSA) is 108 Å². The number of nitrogens with zero attached hydrogens (tertiary/aromatic N) is 1. The van der Waals surface area contributed by atoms with Crippen LogP contribution in [0.3, 0.4) is 0 Å². The van der Waals surface area contributed by atoms with Crippen LogP contribution in [0.2, 0.25) is 0 Å². The van der Waals surface area contributed by atoms with Gasteiger partial charge in [0.25, 0.3) is 5.91 Å². The summed E-state index contributed by atoms with van der Waals surface area (Å²) in [5, 5.41) is 16.0. The van der Waals surface area contributed by atoms with E-state index in [1.54, 1.807) is 67.0 Å². The van der Waals surface area contributed by atoms with Crippen LogP contribution in [0.5, 0.6) is 0 Å². The van der Waals surface area contributed by atoms with Crippen LogP contribution in [-0.4, -0.2) is 33.1 Å². The molecule has 3 aromatic carbocycles. The molecule has 4 aromatic rings. The summed E-state index contributed by atoms with van der Waals surface area (Å²) in [5.74, 6) is -1.61. The van der Waals surface area contributed by atoms with E-state index in [-0.39, 0.29) is 22.3 Å². The van der Waals surface area contributed by atoms with Gasteiger partial charge in [-0.2, -0.15) is 0 Å². The molecule has 1 aromatic heterocycles. The number of rotatable bonds is 7. The summed E-state index contributed by atoms with van der Waals surface area (Å²) in [4.78, 5) is 41.8. The van der Waals surface area contributed by atoms with Crippen molar-refractivity contribution in [2.75, 3.05) is 10.6 Å². The summed E-state index contributed by atoms with van der Waals surface area (Å²) in [6, 6.07) is 20.6. The summed E-state index contributed by atoms with van der Waals surface area (Å²) in [6.45, 7) is 1.82. The third-order valence-corrected chi connectivity index (χ3v) is 6.23. The van der Waals surface area contributed by atoms with Gasteiger partial charge in [0.05, 0.1) is 10.8 Å². The molecule has 1 unspecified atom stereocenters. The first-order valence-corrected chi connectivity index (χ1v) is 11.3. The second-order valence-corrected chi connectivity index (χ2v) is 8.89. The molecule has 4 rings (SSSR count). The Kier molecular flexibility index (Phi) is 6.89. The Morgan fingerprint density at radius 2 is 1.44 bits per heavy atom. The van der Waals surface area contributed by atoms with Crippen molar-refractivity contribution in [3.63, 3.8) is 0 Å². The van der Waals surface area contributed by atoms with Crippen LogP contribution in [0.25, 0.3) is 10.8 Å². The van der Waals surface area contributed by atoms with Crippen molar-refractivity contribution in [2.45, 2.75) is 17.1 Å². The Balaban J connectivity index is 1.45. The molecule has 170 valence electrons. The molecule has 1 atom stereocenters. The number of carboxylic acids is 1. The Bertz CT molecular complexity index is 1350. The number of hydrogen-bond donors (Lipinski definition) is 3. The average Bonchev–Trinajstić information content (AvgIpc) is 2.85. The van der Waals surface area contributed by atoms with E-state index in [1.807, 2.05) is 19.1 Å². The van der Waals surface area contributed by atoms with E-state index in [1.165, 1.54) is 17.8 Å². The predicted octanol–water partition coefficient (Wildman–Crippen LogP) is 5.30. The van der Waals surface area contributed by atoms with E-state index in [9.17, 15) is 19.5 Å². The number of aromatic nitrogens is 1. The van der Waals surface area contributed by atoms with Crippen LogP contribution in [0, 0.1) is 0 Å². The number of carbonyl (C=O) groups is 3. The summed E-state index contributed by atoms with van der Waals surface area (Å²) in [7, 11) is 0. The van der Waals surface area contributed by atoms with Gasteiger partial charge in [-0.25, -0.2) is 4.79 Å². The van der Waals surface area contributed by atoms with Crippen LogP contribution >= 0.6 is 11.8 Å². The SMILES string of the molecule is CC(Sc1ccc(NC(=O)c2cccc3cccc(C(=O)O)c23)cc1)C(=O)Nc1ccncc1. The zero-order valence-corrected chi connectivity index (χ0v) is 19.0. The highest BCUT2D eigenvalue weighted by Gasteiger charge is 2.17. The van der Waals surface area contributed by atoms with Crippen molar-refractivity contribution in [1.29, 1.82) is 0 Å². The molecule has 0 aliphatic heterocycles. The van der Waals surface area contributed by atoms with E-state index in [2.05, 4.69) is 15.6 Å². The third kappa shape index (κ3) is 5.24. The van der Waals surface area contributed by atoms with E-state index < -0.39 is 11.9 Å². The Morgan fingerprint density at radius 3 is 2.09 bits per heavy atom. The first-order chi connectivity index (χ1) is 16.4. The lowest BCUT2D eigenvalue weighted by Gasteiger charge is -2.13. The summed E-state index contributed by atoms with van der Waals surface area (Å²) in [5.41, 5.74) is 1.61. The van der Waals surface area contributed by atoms with Crippen molar-refractivity contribution in [2.24, 2.45) is 0 Å². The van der Waals surface area contributed by atoms with E-state index in [0.29, 0.717) is 22.1 Å². The molecule has 3 N–H and O–H groups in total. The molecule has 0 bridgehead atoms. The molecule has 2 amide bonds. The predicted molar refractivity (Wildman–Crippen MR) is 133 cm³/mol. The molecule has 0 saturated heterocycles. The number of nitrogens with one attached hydrogen (secondary N) is 2. The zero-order valence-electron chi connectivity index (χ0n) is 18.2. The van der Waals surface area contributed by atoms with Gasteiger partial charge >= 0.3 is 5.97 Å². The summed E-state index contributed by atoms with van der Waals surface area (Å²) in [6.07, 6.45) is 3.22. The number of aromatic carboxylic acids is 1. The van der Waals surface area contributed by atoms with Gasteiger partial charge in [-0.05, 0) is 60.8 Å². The largest absolute Gasteiger partial charge is 0.478 e. The minimum Gasteiger partial charge on any atom is -0.478 e. The van der Waals surface area contributed by atoms with Gasteiger partial charge in [-0.15, -0.1) is 11.8 Å². The molecule has 0 fully saturated rings.